The van der Waals surface area contributed by atoms with Gasteiger partial charge in [0.05, 0.1) is 17.8 Å². The van der Waals surface area contributed by atoms with Crippen LogP contribution in [0.4, 0.5) is 0 Å². The van der Waals surface area contributed by atoms with Crippen molar-refractivity contribution in [1.82, 2.24) is 10.2 Å². The van der Waals surface area contributed by atoms with Gasteiger partial charge >= 0.3 is 0 Å². The first kappa shape index (κ1) is 6.37. The molecular formula is C8H8N3. The molecule has 55 valence electrons. The van der Waals surface area contributed by atoms with Gasteiger partial charge in [-0.3, -0.25) is 5.10 Å². The number of rotatable bonds is 1. The minimum Gasteiger partial charge on any atom is -0.321 e. The number of nitrogens with two attached hydrogens (primary N) is 1. The quantitative estimate of drug-likeness (QED) is 0.631. The van der Waals surface area contributed by atoms with Gasteiger partial charge in [0.1, 0.15) is 0 Å². The molecule has 0 saturated carbocycles. The number of H-pyrrole nitrogens is 1. The molecule has 1 radical (unpaired) electrons. The second-order valence-corrected chi connectivity index (χ2v) is 2.32. The van der Waals surface area contributed by atoms with E-state index in [1.54, 1.807) is 0 Å². The molecule has 0 aliphatic rings. The Bertz CT molecular complexity index is 364. The summed E-state index contributed by atoms with van der Waals surface area (Å²) in [5, 5.41) is 7.95. The van der Waals surface area contributed by atoms with Crippen LogP contribution in [0, 0.1) is 6.54 Å². The van der Waals surface area contributed by atoms with Gasteiger partial charge in [-0.25, -0.2) is 0 Å². The molecule has 0 amide bonds. The summed E-state index contributed by atoms with van der Waals surface area (Å²) in [6.45, 7) is 1.50. The number of aromatic nitrogens is 2. The molecule has 0 saturated heterocycles. The third-order valence-corrected chi connectivity index (χ3v) is 1.66. The van der Waals surface area contributed by atoms with Crippen LogP contribution in [-0.4, -0.2) is 10.2 Å². The molecule has 0 spiro atoms. The number of aromatic amines is 1. The van der Waals surface area contributed by atoms with Crippen molar-refractivity contribution < 1.29 is 0 Å². The molecule has 3 heteroatoms. The fourth-order valence-corrected chi connectivity index (χ4v) is 1.11. The van der Waals surface area contributed by atoms with Crippen molar-refractivity contribution >= 4 is 10.9 Å². The van der Waals surface area contributed by atoms with Gasteiger partial charge in [0, 0.05) is 5.39 Å². The maximum Gasteiger partial charge on any atom is 0.0887 e. The van der Waals surface area contributed by atoms with E-state index in [1.807, 2.05) is 24.3 Å². The first-order chi connectivity index (χ1) is 5.42. The summed E-state index contributed by atoms with van der Waals surface area (Å²) < 4.78 is 0. The average molecular weight is 146 g/mol. The molecule has 0 bridgehead atoms. The minimum atomic E-state index is 0.806. The van der Waals surface area contributed by atoms with Crippen molar-refractivity contribution in [3.05, 3.63) is 36.5 Å². The van der Waals surface area contributed by atoms with Gasteiger partial charge in [0.15, 0.2) is 0 Å². The smallest absolute Gasteiger partial charge is 0.0887 e. The van der Waals surface area contributed by atoms with Crippen molar-refractivity contribution in [3.63, 3.8) is 0 Å². The molecular weight excluding hydrogens is 138 g/mol. The lowest BCUT2D eigenvalue weighted by Crippen LogP contribution is -1.92. The van der Waals surface area contributed by atoms with Crippen molar-refractivity contribution in [1.29, 1.82) is 0 Å². The van der Waals surface area contributed by atoms with E-state index in [1.165, 1.54) is 6.54 Å². The summed E-state index contributed by atoms with van der Waals surface area (Å²) in [6, 6.07) is 7.87. The maximum absolute atomic E-state index is 5.35. The van der Waals surface area contributed by atoms with Crippen LogP contribution in [0.25, 0.3) is 10.9 Å². The third-order valence-electron chi connectivity index (χ3n) is 1.66. The number of nitrogens with one attached hydrogen (secondary N) is 1. The van der Waals surface area contributed by atoms with Crippen LogP contribution in [0.3, 0.4) is 0 Å². The molecule has 1 aromatic heterocycles. The van der Waals surface area contributed by atoms with Gasteiger partial charge in [-0.15, -0.1) is 0 Å². The van der Waals surface area contributed by atoms with Gasteiger partial charge in [0.2, 0.25) is 0 Å². The van der Waals surface area contributed by atoms with Gasteiger partial charge in [-0.2, -0.15) is 5.10 Å². The van der Waals surface area contributed by atoms with Crippen LogP contribution in [0.2, 0.25) is 0 Å². The summed E-state index contributed by atoms with van der Waals surface area (Å²) >= 11 is 0. The highest BCUT2D eigenvalue weighted by Crippen LogP contribution is 2.14. The van der Waals surface area contributed by atoms with Gasteiger partial charge < -0.3 is 5.73 Å². The lowest BCUT2D eigenvalue weighted by atomic mass is 10.2. The number of para-hydroxylation sites is 1. The number of hydrogen-bond acceptors (Lipinski definition) is 2. The van der Waals surface area contributed by atoms with Crippen molar-refractivity contribution in [2.75, 3.05) is 0 Å². The Morgan fingerprint density at radius 2 is 2.18 bits per heavy atom. The molecule has 0 unspecified atom stereocenters. The maximum atomic E-state index is 5.35. The zero-order valence-electron chi connectivity index (χ0n) is 5.91. The highest BCUT2D eigenvalue weighted by molar-refractivity contribution is 5.82. The predicted octanol–water partition coefficient (Wildman–Crippen LogP) is 1.03. The topological polar surface area (TPSA) is 54.7 Å². The van der Waals surface area contributed by atoms with E-state index in [0.29, 0.717) is 0 Å². The van der Waals surface area contributed by atoms with E-state index in [9.17, 15) is 0 Å². The van der Waals surface area contributed by atoms with Crippen LogP contribution < -0.4 is 5.73 Å². The zero-order chi connectivity index (χ0) is 7.68. The zero-order valence-corrected chi connectivity index (χ0v) is 5.91. The van der Waals surface area contributed by atoms with Crippen LogP contribution in [0.5, 0.6) is 0 Å². The highest BCUT2D eigenvalue weighted by atomic mass is 15.1. The first-order valence-corrected chi connectivity index (χ1v) is 3.40. The van der Waals surface area contributed by atoms with Crippen LogP contribution in [0.15, 0.2) is 24.3 Å². The molecule has 3 nitrogen and oxygen atoms in total. The van der Waals surface area contributed by atoms with Crippen molar-refractivity contribution in [2.24, 2.45) is 5.73 Å². The van der Waals surface area contributed by atoms with E-state index >= 15 is 0 Å². The summed E-state index contributed by atoms with van der Waals surface area (Å²) in [6.07, 6.45) is 0. The van der Waals surface area contributed by atoms with E-state index in [-0.39, 0.29) is 0 Å². The Morgan fingerprint density at radius 1 is 1.36 bits per heavy atom. The normalized spacial score (nSPS) is 10.6. The van der Waals surface area contributed by atoms with Crippen LogP contribution in [0.1, 0.15) is 5.69 Å². The van der Waals surface area contributed by atoms with Crippen molar-refractivity contribution in [2.45, 2.75) is 0 Å². The fraction of sp³-hybridized carbons (Fsp3) is 0. The SMILES string of the molecule is N[CH]c1n[nH]c2ccccc12. The van der Waals surface area contributed by atoms with Crippen LogP contribution in [-0.2, 0) is 0 Å². The fourth-order valence-electron chi connectivity index (χ4n) is 1.11. The third kappa shape index (κ3) is 0.897. The van der Waals surface area contributed by atoms with Gasteiger partial charge in [-0.1, -0.05) is 18.2 Å². The number of benzene rings is 1. The van der Waals surface area contributed by atoms with Crippen LogP contribution >= 0.6 is 0 Å². The Labute approximate surface area is 64.2 Å². The molecule has 0 fully saturated rings. The highest BCUT2D eigenvalue weighted by Gasteiger charge is 2.00. The van der Waals surface area contributed by atoms with E-state index in [4.69, 9.17) is 5.73 Å². The monoisotopic (exact) mass is 146 g/mol. The van der Waals surface area contributed by atoms with E-state index in [0.717, 1.165) is 16.6 Å². The minimum absolute atomic E-state index is 0.806. The Morgan fingerprint density at radius 3 is 3.00 bits per heavy atom. The standard InChI is InChI=1S/C8H8N3/c9-5-8-6-3-1-2-4-7(6)10-11-8/h1-5H,9H2,(H,10,11). The summed E-state index contributed by atoms with van der Waals surface area (Å²) in [4.78, 5) is 0. The molecule has 3 N–H and O–H groups in total. The number of fused-ring (bicyclic) bond motifs is 1. The number of nitrogens with zero attached hydrogens (tertiary/aromatic N) is 1. The predicted molar refractivity (Wildman–Crippen MR) is 43.7 cm³/mol. The number of hydrogen-bond donors (Lipinski definition) is 2. The molecule has 0 atom stereocenters. The summed E-state index contributed by atoms with van der Waals surface area (Å²) in [5.74, 6) is 0. The average Bonchev–Trinajstić information content (AvgIpc) is 2.47. The van der Waals surface area contributed by atoms with Crippen molar-refractivity contribution in [3.8, 4) is 0 Å². The molecule has 1 heterocycles. The molecule has 0 aliphatic heterocycles. The second kappa shape index (κ2) is 2.36. The Balaban J connectivity index is 2.76. The largest absolute Gasteiger partial charge is 0.321 e. The van der Waals surface area contributed by atoms with E-state index < -0.39 is 0 Å². The first-order valence-electron chi connectivity index (χ1n) is 3.40. The lowest BCUT2D eigenvalue weighted by Gasteiger charge is -1.87. The lowest BCUT2D eigenvalue weighted by molar-refractivity contribution is 1.06. The van der Waals surface area contributed by atoms with Gasteiger partial charge in [-0.05, 0) is 6.07 Å². The molecule has 0 aliphatic carbocycles. The summed E-state index contributed by atoms with van der Waals surface area (Å²) in [7, 11) is 0. The van der Waals surface area contributed by atoms with E-state index in [2.05, 4.69) is 10.2 Å². The molecule has 2 rings (SSSR count). The second-order valence-electron chi connectivity index (χ2n) is 2.32. The Kier molecular flexibility index (Phi) is 1.36. The van der Waals surface area contributed by atoms with Gasteiger partial charge in [0.25, 0.3) is 0 Å². The summed E-state index contributed by atoms with van der Waals surface area (Å²) in [5.41, 5.74) is 7.18. The Hall–Kier alpha value is -1.35. The molecule has 2 aromatic rings. The molecule has 1 aromatic carbocycles. The molecule has 11 heavy (non-hydrogen) atoms.